The monoisotopic (exact) mass is 375 g/mol. The van der Waals surface area contributed by atoms with E-state index in [9.17, 15) is 18.0 Å². The van der Waals surface area contributed by atoms with Crippen LogP contribution in [0.3, 0.4) is 0 Å². The third kappa shape index (κ3) is 3.42. The maximum atomic E-state index is 12.8. The number of anilines is 1. The molecule has 2 aromatic rings. The van der Waals surface area contributed by atoms with Crippen LogP contribution < -0.4 is 10.5 Å². The van der Waals surface area contributed by atoms with Crippen LogP contribution in [0.2, 0.25) is 0 Å². The molecule has 0 spiro atoms. The molecule has 0 saturated carbocycles. The Morgan fingerprint density at radius 2 is 1.88 bits per heavy atom. The minimum absolute atomic E-state index is 0.0195. The maximum Gasteiger partial charge on any atom is 0.251 e. The van der Waals surface area contributed by atoms with Crippen molar-refractivity contribution >= 4 is 21.6 Å². The first-order valence-electron chi connectivity index (χ1n) is 8.32. The lowest BCUT2D eigenvalue weighted by atomic mass is 10.0. The van der Waals surface area contributed by atoms with Crippen molar-refractivity contribution in [3.63, 3.8) is 0 Å². The zero-order valence-corrected chi connectivity index (χ0v) is 15.6. The molecule has 138 valence electrons. The molecule has 0 aliphatic carbocycles. The molecule has 26 heavy (non-hydrogen) atoms. The van der Waals surface area contributed by atoms with E-state index in [1.54, 1.807) is 4.90 Å². The molecule has 0 fully saturated rings. The van der Waals surface area contributed by atoms with E-state index in [1.807, 2.05) is 24.3 Å². The number of carbonyl (C=O) groups excluding carboxylic acids is 1. The number of hydrogen-bond donors (Lipinski definition) is 0. The minimum atomic E-state index is -3.68. The molecule has 1 aliphatic heterocycles. The smallest absolute Gasteiger partial charge is 0.251 e. The predicted octanol–water partition coefficient (Wildman–Crippen LogP) is 1.08. The molecule has 0 atom stereocenters. The van der Waals surface area contributed by atoms with Crippen molar-refractivity contribution in [2.24, 2.45) is 0 Å². The Morgan fingerprint density at radius 3 is 2.62 bits per heavy atom. The van der Waals surface area contributed by atoms with Crippen LogP contribution >= 0.6 is 0 Å². The van der Waals surface area contributed by atoms with Gasteiger partial charge in [-0.1, -0.05) is 18.2 Å². The molecule has 8 heteroatoms. The molecule has 0 radical (unpaired) electrons. The van der Waals surface area contributed by atoms with E-state index in [4.69, 9.17) is 0 Å². The Morgan fingerprint density at radius 1 is 1.15 bits per heavy atom. The number of aromatic nitrogens is 1. The summed E-state index contributed by atoms with van der Waals surface area (Å²) >= 11 is 0. The molecule has 1 aliphatic rings. The summed E-state index contributed by atoms with van der Waals surface area (Å²) in [6.07, 6.45) is 2.99. The number of rotatable bonds is 4. The first kappa shape index (κ1) is 18.3. The topological polar surface area (TPSA) is 79.7 Å². The summed E-state index contributed by atoms with van der Waals surface area (Å²) in [7, 11) is -0.842. The van der Waals surface area contributed by atoms with E-state index < -0.39 is 15.6 Å². The van der Waals surface area contributed by atoms with Crippen LogP contribution in [-0.4, -0.2) is 43.8 Å². The van der Waals surface area contributed by atoms with Crippen LogP contribution in [0.25, 0.3) is 0 Å². The lowest BCUT2D eigenvalue weighted by Crippen LogP contribution is -2.39. The molecule has 2 heterocycles. The number of benzene rings is 1. The predicted molar refractivity (Wildman–Crippen MR) is 98.7 cm³/mol. The zero-order valence-electron chi connectivity index (χ0n) is 14.8. The van der Waals surface area contributed by atoms with Gasteiger partial charge in [-0.3, -0.25) is 9.59 Å². The summed E-state index contributed by atoms with van der Waals surface area (Å²) < 4.78 is 26.7. The van der Waals surface area contributed by atoms with Gasteiger partial charge in [-0.15, -0.1) is 0 Å². The number of nitrogens with zero attached hydrogens (tertiary/aromatic N) is 3. The Kier molecular flexibility index (Phi) is 4.97. The van der Waals surface area contributed by atoms with Crippen molar-refractivity contribution in [2.75, 3.05) is 25.5 Å². The molecular formula is C18H21N3O4S. The van der Waals surface area contributed by atoms with E-state index in [0.717, 1.165) is 33.0 Å². The van der Waals surface area contributed by atoms with Gasteiger partial charge in [0, 0.05) is 38.6 Å². The van der Waals surface area contributed by atoms with Crippen molar-refractivity contribution in [1.82, 2.24) is 8.87 Å². The van der Waals surface area contributed by atoms with Gasteiger partial charge in [0.25, 0.3) is 5.56 Å². The fourth-order valence-electron chi connectivity index (χ4n) is 3.02. The van der Waals surface area contributed by atoms with E-state index >= 15 is 0 Å². The molecule has 1 amide bonds. The highest BCUT2D eigenvalue weighted by atomic mass is 32.2. The van der Waals surface area contributed by atoms with Crippen molar-refractivity contribution < 1.29 is 13.2 Å². The van der Waals surface area contributed by atoms with E-state index in [-0.39, 0.29) is 17.3 Å². The second kappa shape index (κ2) is 7.05. The third-order valence-corrected chi connectivity index (χ3v) is 6.25. The van der Waals surface area contributed by atoms with E-state index in [1.165, 1.54) is 32.4 Å². The average molecular weight is 375 g/mol. The number of pyridine rings is 1. The van der Waals surface area contributed by atoms with Crippen LogP contribution in [0.5, 0.6) is 0 Å². The van der Waals surface area contributed by atoms with Crippen LogP contribution in [0.15, 0.2) is 52.3 Å². The van der Waals surface area contributed by atoms with Gasteiger partial charge in [-0.25, -0.2) is 12.7 Å². The number of carbonyl (C=O) groups is 1. The van der Waals surface area contributed by atoms with Gasteiger partial charge in [0.05, 0.1) is 4.90 Å². The summed E-state index contributed by atoms with van der Waals surface area (Å²) in [5.74, 6) is -0.237. The van der Waals surface area contributed by atoms with Gasteiger partial charge < -0.3 is 9.47 Å². The fraction of sp³-hybridized carbons (Fsp3) is 0.333. The summed E-state index contributed by atoms with van der Waals surface area (Å²) in [6, 6.07) is 10.1. The van der Waals surface area contributed by atoms with Crippen LogP contribution in [0, 0.1) is 0 Å². The average Bonchev–Trinajstić information content (AvgIpc) is 2.62. The molecular weight excluding hydrogens is 354 g/mol. The molecule has 0 unspecified atom stereocenters. The number of para-hydroxylation sites is 1. The van der Waals surface area contributed by atoms with Gasteiger partial charge >= 0.3 is 0 Å². The summed E-state index contributed by atoms with van der Waals surface area (Å²) in [5.41, 5.74) is 1.54. The molecule has 1 aromatic carbocycles. The first-order chi connectivity index (χ1) is 12.3. The fourth-order valence-corrected chi connectivity index (χ4v) is 3.94. The minimum Gasteiger partial charge on any atom is -0.311 e. The van der Waals surface area contributed by atoms with Crippen LogP contribution in [0.4, 0.5) is 5.69 Å². The first-order valence-corrected chi connectivity index (χ1v) is 9.76. The molecule has 0 saturated heterocycles. The highest BCUT2D eigenvalue weighted by molar-refractivity contribution is 7.89. The van der Waals surface area contributed by atoms with E-state index in [0.29, 0.717) is 6.54 Å². The molecule has 0 bridgehead atoms. The normalized spacial score (nSPS) is 14.3. The number of sulfonamides is 1. The van der Waals surface area contributed by atoms with Crippen molar-refractivity contribution in [3.8, 4) is 0 Å². The lowest BCUT2D eigenvalue weighted by Gasteiger charge is -2.29. The molecule has 3 rings (SSSR count). The van der Waals surface area contributed by atoms with E-state index in [2.05, 4.69) is 0 Å². The third-order valence-electron chi connectivity index (χ3n) is 4.45. The van der Waals surface area contributed by atoms with Crippen LogP contribution in [0.1, 0.15) is 12.0 Å². The summed E-state index contributed by atoms with van der Waals surface area (Å²) in [6.45, 7) is 0.379. The highest BCUT2D eigenvalue weighted by Gasteiger charge is 2.23. The Labute approximate surface area is 152 Å². The Hall–Kier alpha value is -2.45. The van der Waals surface area contributed by atoms with Crippen LogP contribution in [-0.2, 0) is 27.8 Å². The van der Waals surface area contributed by atoms with Gasteiger partial charge in [0.15, 0.2) is 0 Å². The maximum absolute atomic E-state index is 12.8. The van der Waals surface area contributed by atoms with Gasteiger partial charge in [-0.2, -0.15) is 0 Å². The Bertz CT molecular complexity index is 995. The number of amides is 1. The SMILES string of the molecule is CN(C)S(=O)(=O)c1ccc(=O)n(CC(=O)N2CCCc3ccccc32)c1. The van der Waals surface area contributed by atoms with Gasteiger partial charge in [-0.05, 0) is 30.5 Å². The van der Waals surface area contributed by atoms with Gasteiger partial charge in [0.1, 0.15) is 6.54 Å². The number of fused-ring (bicyclic) bond motifs is 1. The second-order valence-corrected chi connectivity index (χ2v) is 8.55. The lowest BCUT2D eigenvalue weighted by molar-refractivity contribution is -0.119. The number of aryl methyl sites for hydroxylation is 1. The molecule has 7 nitrogen and oxygen atoms in total. The largest absolute Gasteiger partial charge is 0.311 e. The summed E-state index contributed by atoms with van der Waals surface area (Å²) in [5, 5.41) is 0. The highest BCUT2D eigenvalue weighted by Crippen LogP contribution is 2.26. The quantitative estimate of drug-likeness (QED) is 0.801. The number of hydrogen-bond acceptors (Lipinski definition) is 4. The molecule has 1 aromatic heterocycles. The zero-order chi connectivity index (χ0) is 18.9. The van der Waals surface area contributed by atoms with Crippen molar-refractivity contribution in [1.29, 1.82) is 0 Å². The summed E-state index contributed by atoms with van der Waals surface area (Å²) in [4.78, 5) is 26.5. The van der Waals surface area contributed by atoms with Crippen molar-refractivity contribution in [2.45, 2.75) is 24.3 Å². The molecule has 0 N–H and O–H groups in total. The standard InChI is InChI=1S/C18H21N3O4S/c1-19(2)26(24,25)15-9-10-17(22)20(12-15)13-18(23)21-11-5-7-14-6-3-4-8-16(14)21/h3-4,6,8-10,12H,5,7,11,13H2,1-2H3. The van der Waals surface area contributed by atoms with Crippen molar-refractivity contribution in [3.05, 3.63) is 58.5 Å². The Balaban J connectivity index is 1.90. The van der Waals surface area contributed by atoms with Gasteiger partial charge in [0.2, 0.25) is 15.9 Å². The second-order valence-electron chi connectivity index (χ2n) is 6.40.